The van der Waals surface area contributed by atoms with Gasteiger partial charge < -0.3 is 20.1 Å². The molecule has 0 aliphatic rings. The van der Waals surface area contributed by atoms with Crippen LogP contribution in [0.4, 0.5) is 11.4 Å². The van der Waals surface area contributed by atoms with Gasteiger partial charge in [0.25, 0.3) is 11.8 Å². The number of benzene rings is 4. The van der Waals surface area contributed by atoms with Gasteiger partial charge in [0.1, 0.15) is 18.1 Å². The molecule has 0 heterocycles. The zero-order valence-electron chi connectivity index (χ0n) is 19.0. The maximum absolute atomic E-state index is 12.8. The minimum absolute atomic E-state index is 0.301. The van der Waals surface area contributed by atoms with Crippen molar-refractivity contribution in [3.63, 3.8) is 0 Å². The molecular weight excluding hydrogens is 464 g/mol. The second kappa shape index (κ2) is 11.2. The van der Waals surface area contributed by atoms with E-state index >= 15 is 0 Å². The van der Waals surface area contributed by atoms with Crippen molar-refractivity contribution in [3.05, 3.63) is 119 Å². The number of halogens is 1. The first-order valence-corrected chi connectivity index (χ1v) is 11.2. The maximum Gasteiger partial charge on any atom is 0.257 e. The Morgan fingerprint density at radius 1 is 0.800 bits per heavy atom. The fraction of sp³-hybridized carbons (Fsp3) is 0.0714. The predicted molar refractivity (Wildman–Crippen MR) is 138 cm³/mol. The predicted octanol–water partition coefficient (Wildman–Crippen LogP) is 6.43. The van der Waals surface area contributed by atoms with E-state index in [-0.39, 0.29) is 11.8 Å². The molecular formula is C28H23ClN2O4. The van der Waals surface area contributed by atoms with Crippen LogP contribution in [0.3, 0.4) is 0 Å². The normalized spacial score (nSPS) is 10.3. The fourth-order valence-corrected chi connectivity index (χ4v) is 3.60. The quantitative estimate of drug-likeness (QED) is 0.301. The van der Waals surface area contributed by atoms with Crippen molar-refractivity contribution in [1.29, 1.82) is 0 Å². The zero-order chi connectivity index (χ0) is 24.6. The Labute approximate surface area is 208 Å². The Balaban J connectivity index is 1.43. The number of nitrogens with one attached hydrogen (secondary N) is 2. The van der Waals surface area contributed by atoms with Crippen LogP contribution >= 0.6 is 11.6 Å². The second-order valence-electron chi connectivity index (χ2n) is 7.61. The summed E-state index contributed by atoms with van der Waals surface area (Å²) in [7, 11) is 1.49. The summed E-state index contributed by atoms with van der Waals surface area (Å²) in [6, 6.07) is 28.5. The van der Waals surface area contributed by atoms with Gasteiger partial charge in [-0.3, -0.25) is 9.59 Å². The monoisotopic (exact) mass is 486 g/mol. The summed E-state index contributed by atoms with van der Waals surface area (Å²) >= 11 is 6.11. The van der Waals surface area contributed by atoms with E-state index in [9.17, 15) is 9.59 Å². The minimum Gasteiger partial charge on any atom is -0.494 e. The van der Waals surface area contributed by atoms with E-state index in [1.54, 1.807) is 66.7 Å². The van der Waals surface area contributed by atoms with Gasteiger partial charge >= 0.3 is 0 Å². The highest BCUT2D eigenvalue weighted by Crippen LogP contribution is 2.29. The van der Waals surface area contributed by atoms with Crippen LogP contribution < -0.4 is 20.1 Å². The highest BCUT2D eigenvalue weighted by atomic mass is 35.5. The molecule has 0 aliphatic heterocycles. The van der Waals surface area contributed by atoms with E-state index in [1.165, 1.54) is 7.11 Å². The van der Waals surface area contributed by atoms with E-state index < -0.39 is 0 Å². The first kappa shape index (κ1) is 23.9. The zero-order valence-corrected chi connectivity index (χ0v) is 19.7. The molecule has 0 atom stereocenters. The largest absolute Gasteiger partial charge is 0.494 e. The molecule has 0 aliphatic carbocycles. The number of hydrogen-bond donors (Lipinski definition) is 2. The number of anilines is 2. The van der Waals surface area contributed by atoms with Crippen LogP contribution in [0, 0.1) is 0 Å². The molecule has 0 fully saturated rings. The summed E-state index contributed by atoms with van der Waals surface area (Å²) in [4.78, 5) is 25.4. The van der Waals surface area contributed by atoms with Gasteiger partial charge in [-0.15, -0.1) is 0 Å². The average molecular weight is 487 g/mol. The van der Waals surface area contributed by atoms with Gasteiger partial charge in [0.2, 0.25) is 0 Å². The highest BCUT2D eigenvalue weighted by Gasteiger charge is 2.14. The number of methoxy groups -OCH3 is 1. The Hall–Kier alpha value is -4.29. The number of amides is 2. The Kier molecular flexibility index (Phi) is 7.65. The van der Waals surface area contributed by atoms with Crippen LogP contribution in [-0.4, -0.2) is 18.9 Å². The Bertz CT molecular complexity index is 1340. The summed E-state index contributed by atoms with van der Waals surface area (Å²) in [5, 5.41) is 5.98. The van der Waals surface area contributed by atoms with E-state index in [4.69, 9.17) is 21.1 Å². The SMILES string of the molecule is COc1cc(NC(=O)c2cccc(OCc3ccccc3)c2)ccc1NC(=O)c1ccccc1Cl. The molecule has 2 N–H and O–H groups in total. The number of hydrogen-bond acceptors (Lipinski definition) is 4. The first-order valence-electron chi connectivity index (χ1n) is 10.9. The number of carbonyl (C=O) groups is 2. The van der Waals surface area contributed by atoms with Crippen LogP contribution in [-0.2, 0) is 6.61 Å². The molecule has 0 spiro atoms. The lowest BCUT2D eigenvalue weighted by molar-refractivity contribution is 0.101. The van der Waals surface area contributed by atoms with Crippen LogP contribution in [0.15, 0.2) is 97.1 Å². The fourth-order valence-electron chi connectivity index (χ4n) is 3.38. The molecule has 2 amide bonds. The molecule has 35 heavy (non-hydrogen) atoms. The Morgan fingerprint density at radius 3 is 2.34 bits per heavy atom. The van der Waals surface area contributed by atoms with Crippen molar-refractivity contribution in [2.75, 3.05) is 17.7 Å². The van der Waals surface area contributed by atoms with E-state index in [0.29, 0.717) is 45.6 Å². The summed E-state index contributed by atoms with van der Waals surface area (Å²) in [5.74, 6) is 0.322. The van der Waals surface area contributed by atoms with Gasteiger partial charge in [0.15, 0.2) is 0 Å². The molecule has 4 rings (SSSR count). The van der Waals surface area contributed by atoms with Crippen LogP contribution in [0.25, 0.3) is 0 Å². The van der Waals surface area contributed by atoms with Crippen LogP contribution in [0.5, 0.6) is 11.5 Å². The van der Waals surface area contributed by atoms with Gasteiger partial charge in [-0.2, -0.15) is 0 Å². The topological polar surface area (TPSA) is 76.7 Å². The van der Waals surface area contributed by atoms with Crippen molar-refractivity contribution in [2.24, 2.45) is 0 Å². The lowest BCUT2D eigenvalue weighted by atomic mass is 10.1. The summed E-state index contributed by atoms with van der Waals surface area (Å²) < 4.78 is 11.2. The van der Waals surface area contributed by atoms with Gasteiger partial charge in [-0.05, 0) is 48.0 Å². The third-order valence-corrected chi connectivity index (χ3v) is 5.50. The van der Waals surface area contributed by atoms with Crippen LogP contribution in [0.2, 0.25) is 5.02 Å². The third kappa shape index (κ3) is 6.19. The third-order valence-electron chi connectivity index (χ3n) is 5.17. The van der Waals surface area contributed by atoms with E-state index in [0.717, 1.165) is 5.56 Å². The van der Waals surface area contributed by atoms with Gasteiger partial charge in [0, 0.05) is 17.3 Å². The Morgan fingerprint density at radius 2 is 1.57 bits per heavy atom. The van der Waals surface area contributed by atoms with Crippen LogP contribution in [0.1, 0.15) is 26.3 Å². The lowest BCUT2D eigenvalue weighted by Crippen LogP contribution is -2.14. The lowest BCUT2D eigenvalue weighted by Gasteiger charge is -2.13. The minimum atomic E-state index is -0.363. The average Bonchev–Trinajstić information content (AvgIpc) is 2.89. The smallest absolute Gasteiger partial charge is 0.257 e. The number of carbonyl (C=O) groups excluding carboxylic acids is 2. The maximum atomic E-state index is 12.8. The van der Waals surface area contributed by atoms with Crippen molar-refractivity contribution in [2.45, 2.75) is 6.61 Å². The van der Waals surface area contributed by atoms with E-state index in [2.05, 4.69) is 10.6 Å². The number of ether oxygens (including phenoxy) is 2. The van der Waals surface area contributed by atoms with Crippen molar-refractivity contribution < 1.29 is 19.1 Å². The second-order valence-corrected chi connectivity index (χ2v) is 8.01. The molecule has 0 radical (unpaired) electrons. The molecule has 0 saturated carbocycles. The van der Waals surface area contributed by atoms with Crippen molar-refractivity contribution in [3.8, 4) is 11.5 Å². The van der Waals surface area contributed by atoms with Gasteiger partial charge in [0.05, 0.1) is 23.4 Å². The molecule has 0 saturated heterocycles. The van der Waals surface area contributed by atoms with Gasteiger partial charge in [-0.1, -0.05) is 60.1 Å². The molecule has 176 valence electrons. The number of rotatable bonds is 8. The standard InChI is InChI=1S/C28H23ClN2O4/c1-34-26-17-21(14-15-25(26)31-28(33)23-12-5-6-13-24(23)29)30-27(32)20-10-7-11-22(16-20)35-18-19-8-3-2-4-9-19/h2-17H,18H2,1H3,(H,30,32)(H,31,33). The van der Waals surface area contributed by atoms with Gasteiger partial charge in [-0.25, -0.2) is 0 Å². The molecule has 4 aromatic carbocycles. The molecule has 7 heteroatoms. The summed E-state index contributed by atoms with van der Waals surface area (Å²) in [6.07, 6.45) is 0. The molecule has 4 aromatic rings. The van der Waals surface area contributed by atoms with Crippen molar-refractivity contribution in [1.82, 2.24) is 0 Å². The molecule has 0 aromatic heterocycles. The van der Waals surface area contributed by atoms with E-state index in [1.807, 2.05) is 30.3 Å². The van der Waals surface area contributed by atoms with Crippen molar-refractivity contribution >= 4 is 34.8 Å². The first-order chi connectivity index (χ1) is 17.0. The molecule has 0 unspecified atom stereocenters. The molecule has 6 nitrogen and oxygen atoms in total. The summed E-state index contributed by atoms with van der Waals surface area (Å²) in [6.45, 7) is 0.407. The summed E-state index contributed by atoms with van der Waals surface area (Å²) in [5.41, 5.74) is 2.80. The molecule has 0 bridgehead atoms. The highest BCUT2D eigenvalue weighted by molar-refractivity contribution is 6.34.